The van der Waals surface area contributed by atoms with Gasteiger partial charge in [0.2, 0.25) is 0 Å². The molecule has 0 rings (SSSR count). The van der Waals surface area contributed by atoms with Crippen molar-refractivity contribution in [1.29, 1.82) is 0 Å². The van der Waals surface area contributed by atoms with Gasteiger partial charge in [-0.3, -0.25) is 0 Å². The van der Waals surface area contributed by atoms with Crippen LogP contribution in [0.4, 0.5) is 0 Å². The molecule has 0 radical (unpaired) electrons. The van der Waals surface area contributed by atoms with E-state index in [0.29, 0.717) is 0 Å². The van der Waals surface area contributed by atoms with E-state index >= 15 is 0 Å². The van der Waals surface area contributed by atoms with Crippen LogP contribution in [0.5, 0.6) is 0 Å². The van der Waals surface area contributed by atoms with Gasteiger partial charge in [0.05, 0.1) is 5.60 Å². The quantitative estimate of drug-likeness (QED) is 0.112. The molecule has 0 aromatic heterocycles. The third-order valence-corrected chi connectivity index (χ3v) is 7.53. The van der Waals surface area contributed by atoms with Crippen LogP contribution in [0.3, 0.4) is 0 Å². The van der Waals surface area contributed by atoms with Crippen LogP contribution >= 0.6 is 0 Å². The molecule has 0 amide bonds. The lowest BCUT2D eigenvalue weighted by Crippen LogP contribution is -2.30. The molecule has 0 bridgehead atoms. The highest BCUT2D eigenvalue weighted by Gasteiger charge is 2.25. The first kappa shape index (κ1) is 42.6. The van der Waals surface area contributed by atoms with Crippen molar-refractivity contribution in [2.75, 3.05) is 0 Å². The zero-order chi connectivity index (χ0) is 35.0. The summed E-state index contributed by atoms with van der Waals surface area (Å²) in [7, 11) is 0. The van der Waals surface area contributed by atoms with E-state index < -0.39 is 5.60 Å². The van der Waals surface area contributed by atoms with Gasteiger partial charge in [-0.15, -0.1) is 0 Å². The van der Waals surface area contributed by atoms with Crippen molar-refractivity contribution in [1.82, 2.24) is 0 Å². The Kier molecular flexibility index (Phi) is 22.9. The van der Waals surface area contributed by atoms with Crippen molar-refractivity contribution in [3.63, 3.8) is 0 Å². The Balaban J connectivity index is 4.84. The van der Waals surface area contributed by atoms with E-state index in [2.05, 4.69) is 179 Å². The standard InChI is InChI=1S/C45H66O/c1-36(2)20-15-23-40(7)26-18-29-41(8)27-16-24-38(5)21-13-14-22-39(6)25-17-28-42(9)30-19-31-43(10)33-35-44(45(11,12)46)34-32-37(3)4/h13-14,16-22,24-32,44,46H,15,23,33-35H2,1-12H3/b14-13+,24-16+,25-17+,29-18+,30-19+,38-21+,39-22+,40-26+,41-27+,42-28+,43-31+/t44-/m0/s1. The van der Waals surface area contributed by atoms with Crippen LogP contribution in [0, 0.1) is 5.92 Å². The lowest BCUT2D eigenvalue weighted by molar-refractivity contribution is 0.0145. The maximum atomic E-state index is 10.6. The summed E-state index contributed by atoms with van der Waals surface area (Å²) >= 11 is 0. The van der Waals surface area contributed by atoms with E-state index in [-0.39, 0.29) is 5.92 Å². The van der Waals surface area contributed by atoms with E-state index in [1.807, 2.05) is 13.8 Å². The zero-order valence-corrected chi connectivity index (χ0v) is 31.5. The second-order valence-corrected chi connectivity index (χ2v) is 13.7. The Hall–Kier alpha value is -3.42. The fourth-order valence-electron chi connectivity index (χ4n) is 4.36. The molecule has 1 N–H and O–H groups in total. The molecule has 252 valence electrons. The number of aliphatic hydroxyl groups is 1. The van der Waals surface area contributed by atoms with Crippen LogP contribution in [-0.4, -0.2) is 10.7 Å². The first-order valence-corrected chi connectivity index (χ1v) is 17.0. The molecule has 0 aromatic rings. The Morgan fingerprint density at radius 3 is 1.26 bits per heavy atom. The molecular formula is C45H66O. The maximum absolute atomic E-state index is 10.6. The van der Waals surface area contributed by atoms with Gasteiger partial charge in [0.1, 0.15) is 0 Å². The van der Waals surface area contributed by atoms with Crippen LogP contribution in [0.1, 0.15) is 115 Å². The minimum absolute atomic E-state index is 0.259. The minimum atomic E-state index is -0.666. The molecule has 1 nitrogen and oxygen atoms in total. The summed E-state index contributed by atoms with van der Waals surface area (Å²) in [5.41, 5.74) is 9.60. The van der Waals surface area contributed by atoms with E-state index in [1.54, 1.807) is 0 Å². The summed E-state index contributed by atoms with van der Waals surface area (Å²) in [5, 5.41) is 10.6. The van der Waals surface area contributed by atoms with Gasteiger partial charge in [0.15, 0.2) is 0 Å². The first-order chi connectivity index (χ1) is 21.6. The molecule has 0 aromatic carbocycles. The van der Waals surface area contributed by atoms with Gasteiger partial charge in [-0.25, -0.2) is 0 Å². The SMILES string of the molecule is CC(C)=CCC/C(C)=C/C=C/C(C)=C/C=C/C(C)=C/C=C/C=C(C)/C=C/C=C(C)/C=C/C=C(\C)CC[C@H](CC=C(C)C)C(C)(C)O. The summed E-state index contributed by atoms with van der Waals surface area (Å²) in [5.74, 6) is 0.259. The second kappa shape index (κ2) is 24.8. The zero-order valence-electron chi connectivity index (χ0n) is 31.5. The van der Waals surface area contributed by atoms with Gasteiger partial charge >= 0.3 is 0 Å². The summed E-state index contributed by atoms with van der Waals surface area (Å²) in [4.78, 5) is 0. The van der Waals surface area contributed by atoms with E-state index in [4.69, 9.17) is 0 Å². The first-order valence-electron chi connectivity index (χ1n) is 17.0. The average Bonchev–Trinajstić information content (AvgIpc) is 2.94. The van der Waals surface area contributed by atoms with Crippen molar-refractivity contribution >= 4 is 0 Å². The van der Waals surface area contributed by atoms with Crippen LogP contribution in [-0.2, 0) is 0 Å². The Morgan fingerprint density at radius 1 is 0.500 bits per heavy atom. The molecular weight excluding hydrogens is 556 g/mol. The van der Waals surface area contributed by atoms with Crippen LogP contribution in [0.25, 0.3) is 0 Å². The highest BCUT2D eigenvalue weighted by molar-refractivity contribution is 5.32. The maximum Gasteiger partial charge on any atom is 0.0622 e. The van der Waals surface area contributed by atoms with Crippen LogP contribution < -0.4 is 0 Å². The lowest BCUT2D eigenvalue weighted by atomic mass is 9.83. The minimum Gasteiger partial charge on any atom is -0.390 e. The molecule has 0 aliphatic heterocycles. The molecule has 0 saturated heterocycles. The number of hydrogen-bond acceptors (Lipinski definition) is 1. The fraction of sp³-hybridized carbons (Fsp3) is 0.422. The lowest BCUT2D eigenvalue weighted by Gasteiger charge is -2.29. The van der Waals surface area contributed by atoms with Gasteiger partial charge in [0.25, 0.3) is 0 Å². The highest BCUT2D eigenvalue weighted by Crippen LogP contribution is 2.27. The molecule has 0 unspecified atom stereocenters. The molecule has 0 spiro atoms. The molecule has 0 fully saturated rings. The number of rotatable bonds is 19. The number of allylic oxidation sites excluding steroid dienone is 26. The van der Waals surface area contributed by atoms with Crippen molar-refractivity contribution in [3.05, 3.63) is 154 Å². The molecule has 1 heteroatoms. The largest absolute Gasteiger partial charge is 0.390 e. The second-order valence-electron chi connectivity index (χ2n) is 13.7. The van der Waals surface area contributed by atoms with Gasteiger partial charge in [-0.05, 0) is 121 Å². The van der Waals surface area contributed by atoms with Gasteiger partial charge in [-0.2, -0.15) is 0 Å². The number of hydrogen-bond donors (Lipinski definition) is 1. The monoisotopic (exact) mass is 623 g/mol. The summed E-state index contributed by atoms with van der Waals surface area (Å²) in [6, 6.07) is 0. The predicted octanol–water partition coefficient (Wildman–Crippen LogP) is 13.7. The van der Waals surface area contributed by atoms with E-state index in [9.17, 15) is 5.11 Å². The Labute approximate surface area is 285 Å². The Bertz CT molecular complexity index is 1300. The van der Waals surface area contributed by atoms with Crippen molar-refractivity contribution < 1.29 is 5.11 Å². The summed E-state index contributed by atoms with van der Waals surface area (Å²) < 4.78 is 0. The van der Waals surface area contributed by atoms with Crippen molar-refractivity contribution in [2.45, 2.75) is 121 Å². The fourth-order valence-corrected chi connectivity index (χ4v) is 4.36. The summed E-state index contributed by atoms with van der Waals surface area (Å²) in [6.45, 7) is 25.2. The predicted molar refractivity (Wildman–Crippen MR) is 210 cm³/mol. The normalized spacial score (nSPS) is 15.8. The van der Waals surface area contributed by atoms with E-state index in [1.165, 1.54) is 44.6 Å². The topological polar surface area (TPSA) is 20.2 Å². The average molecular weight is 623 g/mol. The Morgan fingerprint density at radius 2 is 0.870 bits per heavy atom. The van der Waals surface area contributed by atoms with Gasteiger partial charge in [0, 0.05) is 0 Å². The van der Waals surface area contributed by atoms with Crippen LogP contribution in [0.2, 0.25) is 0 Å². The van der Waals surface area contributed by atoms with Crippen LogP contribution in [0.15, 0.2) is 154 Å². The highest BCUT2D eigenvalue weighted by atomic mass is 16.3. The third-order valence-electron chi connectivity index (χ3n) is 7.53. The molecule has 0 heterocycles. The molecule has 0 aliphatic carbocycles. The molecule has 1 atom stereocenters. The molecule has 0 aliphatic rings. The molecule has 0 saturated carbocycles. The van der Waals surface area contributed by atoms with Crippen molar-refractivity contribution in [3.8, 4) is 0 Å². The third kappa shape index (κ3) is 25.9. The van der Waals surface area contributed by atoms with Gasteiger partial charge < -0.3 is 5.11 Å². The van der Waals surface area contributed by atoms with Crippen molar-refractivity contribution in [2.24, 2.45) is 5.92 Å². The van der Waals surface area contributed by atoms with Gasteiger partial charge in [-0.1, -0.05) is 154 Å². The smallest absolute Gasteiger partial charge is 0.0622 e. The summed E-state index contributed by atoms with van der Waals surface area (Å²) in [6.07, 6.45) is 43.8. The molecule has 46 heavy (non-hydrogen) atoms. The van der Waals surface area contributed by atoms with E-state index in [0.717, 1.165) is 32.1 Å².